The van der Waals surface area contributed by atoms with Crippen LogP contribution >= 0.6 is 0 Å². The Labute approximate surface area is 149 Å². The maximum absolute atomic E-state index is 13.5. The lowest BCUT2D eigenvalue weighted by atomic mass is 10.1. The summed E-state index contributed by atoms with van der Waals surface area (Å²) in [6, 6.07) is 10.5. The molecule has 0 spiro atoms. The van der Waals surface area contributed by atoms with Crippen molar-refractivity contribution in [1.29, 1.82) is 0 Å². The van der Waals surface area contributed by atoms with Gasteiger partial charge >= 0.3 is 5.97 Å². The monoisotopic (exact) mass is 363 g/mol. The SMILES string of the molecule is COc1ccccc1CCC(=O)O[C@@H](C)C(=O)Nc1c(F)cccc1F. The summed E-state index contributed by atoms with van der Waals surface area (Å²) < 4.78 is 37.3. The van der Waals surface area contributed by atoms with Gasteiger partial charge in [0.05, 0.1) is 7.11 Å². The third-order valence-electron chi connectivity index (χ3n) is 3.68. The lowest BCUT2D eigenvalue weighted by Crippen LogP contribution is -2.30. The lowest BCUT2D eigenvalue weighted by Gasteiger charge is -2.14. The number of benzene rings is 2. The van der Waals surface area contributed by atoms with Crippen molar-refractivity contribution < 1.29 is 27.8 Å². The van der Waals surface area contributed by atoms with Gasteiger partial charge in [-0.05, 0) is 37.1 Å². The van der Waals surface area contributed by atoms with Crippen LogP contribution < -0.4 is 10.1 Å². The predicted molar refractivity (Wildman–Crippen MR) is 91.9 cm³/mol. The number of para-hydroxylation sites is 2. The average molecular weight is 363 g/mol. The highest BCUT2D eigenvalue weighted by Gasteiger charge is 2.21. The summed E-state index contributed by atoms with van der Waals surface area (Å²) in [6.45, 7) is 1.33. The number of hydrogen-bond donors (Lipinski definition) is 1. The second kappa shape index (κ2) is 8.94. The smallest absolute Gasteiger partial charge is 0.306 e. The molecule has 0 fully saturated rings. The summed E-state index contributed by atoms with van der Waals surface area (Å²) in [6.07, 6.45) is -0.787. The summed E-state index contributed by atoms with van der Waals surface area (Å²) in [5.74, 6) is -2.59. The number of carbonyl (C=O) groups is 2. The van der Waals surface area contributed by atoms with E-state index in [0.29, 0.717) is 12.2 Å². The van der Waals surface area contributed by atoms with Crippen LogP contribution in [0.1, 0.15) is 18.9 Å². The molecule has 1 N–H and O–H groups in total. The van der Waals surface area contributed by atoms with E-state index >= 15 is 0 Å². The number of anilines is 1. The first-order valence-corrected chi connectivity index (χ1v) is 7.98. The molecule has 0 bridgehead atoms. The van der Waals surface area contributed by atoms with E-state index in [1.54, 1.807) is 6.07 Å². The minimum absolute atomic E-state index is 0.0338. The van der Waals surface area contributed by atoms with Crippen LogP contribution in [0.15, 0.2) is 42.5 Å². The lowest BCUT2D eigenvalue weighted by molar-refractivity contribution is -0.153. The first kappa shape index (κ1) is 19.4. The molecule has 2 rings (SSSR count). The van der Waals surface area contributed by atoms with E-state index in [1.165, 1.54) is 20.1 Å². The van der Waals surface area contributed by atoms with Crippen molar-refractivity contribution in [1.82, 2.24) is 0 Å². The molecule has 0 heterocycles. The Balaban J connectivity index is 1.89. The fourth-order valence-corrected chi connectivity index (χ4v) is 2.30. The Morgan fingerprint density at radius 2 is 1.73 bits per heavy atom. The molecule has 26 heavy (non-hydrogen) atoms. The van der Waals surface area contributed by atoms with Crippen molar-refractivity contribution >= 4 is 17.6 Å². The molecule has 1 atom stereocenters. The van der Waals surface area contributed by atoms with Gasteiger partial charge in [-0.3, -0.25) is 9.59 Å². The molecular formula is C19H19F2NO4. The molecule has 0 saturated carbocycles. The van der Waals surface area contributed by atoms with Gasteiger partial charge in [0.25, 0.3) is 5.91 Å². The van der Waals surface area contributed by atoms with Gasteiger partial charge in [0.1, 0.15) is 23.1 Å². The van der Waals surface area contributed by atoms with Crippen LogP contribution in [0.2, 0.25) is 0 Å². The van der Waals surface area contributed by atoms with E-state index in [2.05, 4.69) is 5.32 Å². The summed E-state index contributed by atoms with van der Waals surface area (Å²) >= 11 is 0. The number of nitrogens with one attached hydrogen (secondary N) is 1. The van der Waals surface area contributed by atoms with Crippen LogP contribution in [-0.2, 0) is 20.7 Å². The van der Waals surface area contributed by atoms with E-state index in [9.17, 15) is 18.4 Å². The fraction of sp³-hybridized carbons (Fsp3) is 0.263. The molecule has 138 valence electrons. The second-order valence-electron chi connectivity index (χ2n) is 5.53. The Morgan fingerprint density at radius 3 is 2.38 bits per heavy atom. The number of ether oxygens (including phenoxy) is 2. The van der Waals surface area contributed by atoms with Gasteiger partial charge in [-0.25, -0.2) is 8.78 Å². The van der Waals surface area contributed by atoms with Crippen molar-refractivity contribution in [3.8, 4) is 5.75 Å². The topological polar surface area (TPSA) is 64.6 Å². The molecule has 0 radical (unpaired) electrons. The van der Waals surface area contributed by atoms with Gasteiger partial charge in [-0.15, -0.1) is 0 Å². The summed E-state index contributed by atoms with van der Waals surface area (Å²) in [4.78, 5) is 23.9. The van der Waals surface area contributed by atoms with E-state index in [1.807, 2.05) is 18.2 Å². The Bertz CT molecular complexity index is 775. The highest BCUT2D eigenvalue weighted by Crippen LogP contribution is 2.20. The molecular weight excluding hydrogens is 344 g/mol. The number of halogens is 2. The standard InChI is InChI=1S/C19H19F2NO4/c1-12(19(24)22-18-14(20)7-5-8-15(18)21)26-17(23)11-10-13-6-3-4-9-16(13)25-2/h3-9,12H,10-11H2,1-2H3,(H,22,24)/t12-/m0/s1. The number of rotatable bonds is 7. The fourth-order valence-electron chi connectivity index (χ4n) is 2.30. The number of amides is 1. The van der Waals surface area contributed by atoms with E-state index in [0.717, 1.165) is 17.7 Å². The van der Waals surface area contributed by atoms with E-state index in [-0.39, 0.29) is 6.42 Å². The number of esters is 1. The number of hydrogen-bond acceptors (Lipinski definition) is 4. The molecule has 7 heteroatoms. The Hall–Kier alpha value is -2.96. The Kier molecular flexibility index (Phi) is 6.66. The van der Waals surface area contributed by atoms with E-state index < -0.39 is 35.3 Å². The van der Waals surface area contributed by atoms with Gasteiger partial charge in [0.2, 0.25) is 0 Å². The van der Waals surface area contributed by atoms with Crippen molar-refractivity contribution in [3.63, 3.8) is 0 Å². The van der Waals surface area contributed by atoms with E-state index in [4.69, 9.17) is 9.47 Å². The molecule has 0 aromatic heterocycles. The molecule has 0 unspecified atom stereocenters. The first-order chi connectivity index (χ1) is 12.4. The molecule has 2 aromatic carbocycles. The zero-order chi connectivity index (χ0) is 19.1. The average Bonchev–Trinajstić information content (AvgIpc) is 2.63. The normalized spacial score (nSPS) is 11.5. The van der Waals surface area contributed by atoms with Gasteiger partial charge < -0.3 is 14.8 Å². The summed E-state index contributed by atoms with van der Waals surface area (Å²) in [5.41, 5.74) is 0.256. The largest absolute Gasteiger partial charge is 0.496 e. The van der Waals surface area contributed by atoms with Gasteiger partial charge in [0.15, 0.2) is 6.10 Å². The summed E-state index contributed by atoms with van der Waals surface area (Å²) in [5, 5.41) is 2.09. The number of aryl methyl sites for hydroxylation is 1. The first-order valence-electron chi connectivity index (χ1n) is 7.98. The minimum Gasteiger partial charge on any atom is -0.496 e. The van der Waals surface area contributed by atoms with Gasteiger partial charge in [0, 0.05) is 6.42 Å². The number of carbonyl (C=O) groups excluding carboxylic acids is 2. The quantitative estimate of drug-likeness (QED) is 0.765. The minimum atomic E-state index is -1.20. The highest BCUT2D eigenvalue weighted by atomic mass is 19.1. The highest BCUT2D eigenvalue weighted by molar-refractivity contribution is 5.95. The molecule has 0 saturated heterocycles. The third-order valence-corrected chi connectivity index (χ3v) is 3.68. The van der Waals surface area contributed by atoms with Crippen molar-refractivity contribution in [2.75, 3.05) is 12.4 Å². The second-order valence-corrected chi connectivity index (χ2v) is 5.53. The van der Waals surface area contributed by atoms with Crippen LogP contribution in [-0.4, -0.2) is 25.1 Å². The maximum atomic E-state index is 13.5. The Morgan fingerprint density at radius 1 is 1.08 bits per heavy atom. The van der Waals surface area contributed by atoms with Crippen LogP contribution in [0, 0.1) is 11.6 Å². The van der Waals surface area contributed by atoms with Crippen molar-refractivity contribution in [3.05, 3.63) is 59.7 Å². The molecule has 0 aliphatic carbocycles. The molecule has 0 aliphatic rings. The zero-order valence-corrected chi connectivity index (χ0v) is 14.4. The van der Waals surface area contributed by atoms with Crippen molar-refractivity contribution in [2.24, 2.45) is 0 Å². The zero-order valence-electron chi connectivity index (χ0n) is 14.4. The predicted octanol–water partition coefficient (Wildman–Crippen LogP) is 3.48. The maximum Gasteiger partial charge on any atom is 0.306 e. The van der Waals surface area contributed by atoms with Crippen LogP contribution in [0.5, 0.6) is 5.75 Å². The number of methoxy groups -OCH3 is 1. The molecule has 2 aromatic rings. The van der Waals surface area contributed by atoms with Gasteiger partial charge in [-0.1, -0.05) is 24.3 Å². The third kappa shape index (κ3) is 5.02. The van der Waals surface area contributed by atoms with Gasteiger partial charge in [-0.2, -0.15) is 0 Å². The molecule has 5 nitrogen and oxygen atoms in total. The summed E-state index contributed by atoms with van der Waals surface area (Å²) in [7, 11) is 1.53. The molecule has 1 amide bonds. The van der Waals surface area contributed by atoms with Crippen LogP contribution in [0.3, 0.4) is 0 Å². The van der Waals surface area contributed by atoms with Crippen molar-refractivity contribution in [2.45, 2.75) is 25.9 Å². The van der Waals surface area contributed by atoms with Crippen LogP contribution in [0.4, 0.5) is 14.5 Å². The molecule has 0 aliphatic heterocycles. The van der Waals surface area contributed by atoms with Crippen LogP contribution in [0.25, 0.3) is 0 Å².